The molecule has 5 amide bonds. The smallest absolute Gasteiger partial charge is 0.244 e. The van der Waals surface area contributed by atoms with Crippen molar-refractivity contribution in [3.8, 4) is 0 Å². The molecule has 1 aliphatic rings. The summed E-state index contributed by atoms with van der Waals surface area (Å²) >= 11 is 4.10. The zero-order valence-electron chi connectivity index (χ0n) is 26.9. The van der Waals surface area contributed by atoms with Gasteiger partial charge in [-0.05, 0) is 45.4 Å². The Morgan fingerprint density at radius 2 is 1.45 bits per heavy atom. The number of carbonyl (C=O) groups excluding carboxylic acids is 6. The lowest BCUT2D eigenvalue weighted by molar-refractivity contribution is -0.136. The van der Waals surface area contributed by atoms with Gasteiger partial charge in [0.15, 0.2) is 11.9 Å². The first kappa shape index (κ1) is 40.9. The molecule has 0 saturated heterocycles. The number of thiol groups is 1. The number of nitrogens with zero attached hydrogens (tertiary/aromatic N) is 1. The highest BCUT2D eigenvalue weighted by molar-refractivity contribution is 7.80. The predicted molar refractivity (Wildman–Crippen MR) is 179 cm³/mol. The number of nitrogens with two attached hydrogens (primary N) is 3. The first-order valence-corrected chi connectivity index (χ1v) is 16.3. The molecule has 265 valence electrons. The van der Waals surface area contributed by atoms with Gasteiger partial charge in [0.25, 0.3) is 0 Å². The van der Waals surface area contributed by atoms with E-state index in [0.717, 1.165) is 32.1 Å². The lowest BCUT2D eigenvalue weighted by atomic mass is 9.92. The first-order valence-electron chi connectivity index (χ1n) is 15.7. The summed E-state index contributed by atoms with van der Waals surface area (Å²) in [7, 11) is 0. The van der Waals surface area contributed by atoms with Gasteiger partial charge in [0, 0.05) is 24.9 Å². The summed E-state index contributed by atoms with van der Waals surface area (Å²) in [4.78, 5) is 76.7. The Morgan fingerprint density at radius 3 is 2.00 bits per heavy atom. The third kappa shape index (κ3) is 16.3. The molecule has 14 N–H and O–H groups in total. The number of amides is 5. The van der Waals surface area contributed by atoms with Gasteiger partial charge in [0.05, 0.1) is 25.2 Å². The van der Waals surface area contributed by atoms with Crippen LogP contribution in [0.4, 0.5) is 0 Å². The minimum Gasteiger partial charge on any atom is -0.370 e. The molecule has 0 aliphatic heterocycles. The van der Waals surface area contributed by atoms with Crippen LogP contribution in [0.25, 0.3) is 0 Å². The van der Waals surface area contributed by atoms with Crippen molar-refractivity contribution in [2.45, 2.75) is 94.9 Å². The van der Waals surface area contributed by atoms with E-state index in [1.165, 1.54) is 11.8 Å². The molecule has 0 aromatic carbocycles. The monoisotopic (exact) mass is 683 g/mol. The third-order valence-corrected chi connectivity index (χ3v) is 7.83. The van der Waals surface area contributed by atoms with Gasteiger partial charge >= 0.3 is 0 Å². The van der Waals surface area contributed by atoms with Gasteiger partial charge in [-0.3, -0.25) is 39.6 Å². The zero-order chi connectivity index (χ0) is 35.4. The predicted octanol–water partition coefficient (Wildman–Crippen LogP) is -3.37. The average molecular weight is 684 g/mol. The molecule has 0 bridgehead atoms. The summed E-state index contributed by atoms with van der Waals surface area (Å²) in [6, 6.07) is -4.07. The Kier molecular flexibility index (Phi) is 19.5. The number of guanidine groups is 2. The molecular weight excluding hydrogens is 632 g/mol. The number of hydrogen-bond acceptors (Lipinski definition) is 10. The van der Waals surface area contributed by atoms with E-state index in [2.05, 4.69) is 44.5 Å². The zero-order valence-corrected chi connectivity index (χ0v) is 27.8. The Hall–Kier alpha value is -4.13. The lowest BCUT2D eigenvalue weighted by Gasteiger charge is -2.38. The summed E-state index contributed by atoms with van der Waals surface area (Å²) < 4.78 is 0. The van der Waals surface area contributed by atoms with E-state index >= 15 is 0 Å². The molecular formula is C28H51N12O6S. The third-order valence-electron chi connectivity index (χ3n) is 7.47. The van der Waals surface area contributed by atoms with Crippen molar-refractivity contribution in [2.24, 2.45) is 17.2 Å². The molecule has 1 aliphatic carbocycles. The standard InChI is InChI=1S/C28H51N12O6S/c1-17(38-26(46)21(16-47)39-25(45)20(29)10-6-12-35-28(32)33)24(44)37-13-22(42)36-14-23(43)40(18-7-3-2-4-8-18)19(15-41)9-5-11-34-27(30)31/h17-21,47H,2-14,16,29H2,1H3,(H,36,42)(H,37,44)(H,38,46)(H,39,45)(H4,30,31,34)(H4,32,33,35)/t17-,19-,20-,21-/m0/s1. The average Bonchev–Trinajstić information content (AvgIpc) is 3.04. The van der Waals surface area contributed by atoms with Gasteiger partial charge in [-0.15, -0.1) is 0 Å². The molecule has 19 heteroatoms. The Bertz CT molecular complexity index is 1090. The topological polar surface area (TPSA) is 304 Å². The molecule has 0 aromatic rings. The maximum atomic E-state index is 13.2. The second-order valence-corrected chi connectivity index (χ2v) is 11.6. The molecule has 1 saturated carbocycles. The fourth-order valence-electron chi connectivity index (χ4n) is 4.94. The highest BCUT2D eigenvalue weighted by atomic mass is 32.1. The fraction of sp³-hybridized carbons (Fsp3) is 0.714. The van der Waals surface area contributed by atoms with Gasteiger partial charge < -0.3 is 54.0 Å². The van der Waals surface area contributed by atoms with Crippen LogP contribution in [0.3, 0.4) is 0 Å². The minimum absolute atomic E-state index is 0.0726. The van der Waals surface area contributed by atoms with Crippen molar-refractivity contribution in [3.05, 3.63) is 0 Å². The molecule has 4 atom stereocenters. The SMILES string of the molecule is C[C@H](NC(=O)[C@H](CS)NC(=O)[C@@H](N)CCCNC(=N)N)C(=O)NCC(=O)NCC(=O)N(C1CCCCC1)[C@H]([C]=O)CCCNC(=N)N. The van der Waals surface area contributed by atoms with Crippen LogP contribution in [0.2, 0.25) is 0 Å². The lowest BCUT2D eigenvalue weighted by Crippen LogP contribution is -2.56. The molecule has 0 aromatic heterocycles. The van der Waals surface area contributed by atoms with Crippen LogP contribution < -0.4 is 49.1 Å². The number of rotatable bonds is 21. The molecule has 0 heterocycles. The molecule has 1 radical (unpaired) electrons. The first-order chi connectivity index (χ1) is 22.3. The van der Waals surface area contributed by atoms with Gasteiger partial charge in [-0.25, -0.2) is 0 Å². The summed E-state index contributed by atoms with van der Waals surface area (Å²) in [5.74, 6) is -3.52. The van der Waals surface area contributed by atoms with Crippen molar-refractivity contribution >= 4 is 60.4 Å². The van der Waals surface area contributed by atoms with Gasteiger partial charge in [0.2, 0.25) is 35.8 Å². The van der Waals surface area contributed by atoms with Crippen LogP contribution in [0.5, 0.6) is 0 Å². The summed E-state index contributed by atoms with van der Waals surface area (Å²) in [5.41, 5.74) is 16.4. The molecule has 0 spiro atoms. The highest BCUT2D eigenvalue weighted by Gasteiger charge is 2.32. The summed E-state index contributed by atoms with van der Waals surface area (Å²) in [6.07, 6.45) is 7.79. The summed E-state index contributed by atoms with van der Waals surface area (Å²) in [6.45, 7) is 1.24. The maximum absolute atomic E-state index is 13.2. The van der Waals surface area contributed by atoms with Crippen molar-refractivity contribution < 1.29 is 28.8 Å². The van der Waals surface area contributed by atoms with Crippen molar-refractivity contribution in [2.75, 3.05) is 31.9 Å². The normalized spacial score (nSPS) is 15.5. The molecule has 18 nitrogen and oxygen atoms in total. The second kappa shape index (κ2) is 22.4. The number of carbonyl (C=O) groups is 5. The summed E-state index contributed by atoms with van der Waals surface area (Å²) in [5, 5.41) is 29.4. The van der Waals surface area contributed by atoms with E-state index in [0.29, 0.717) is 32.4 Å². The molecule has 1 rings (SSSR count). The number of nitrogens with one attached hydrogen (secondary N) is 8. The van der Waals surface area contributed by atoms with Crippen LogP contribution in [0.15, 0.2) is 0 Å². The molecule has 47 heavy (non-hydrogen) atoms. The van der Waals surface area contributed by atoms with E-state index in [9.17, 15) is 28.8 Å². The van der Waals surface area contributed by atoms with Crippen LogP contribution in [0.1, 0.15) is 64.7 Å². The van der Waals surface area contributed by atoms with Crippen LogP contribution in [0, 0.1) is 10.8 Å². The van der Waals surface area contributed by atoms with Crippen molar-refractivity contribution in [1.82, 2.24) is 36.8 Å². The molecule has 0 unspecified atom stereocenters. The second-order valence-electron chi connectivity index (χ2n) is 11.3. The van der Waals surface area contributed by atoms with Crippen molar-refractivity contribution in [3.63, 3.8) is 0 Å². The Balaban J connectivity index is 2.59. The van der Waals surface area contributed by atoms with Crippen LogP contribution >= 0.6 is 12.6 Å². The fourth-order valence-corrected chi connectivity index (χ4v) is 5.20. The quantitative estimate of drug-likeness (QED) is 0.0245. The van der Waals surface area contributed by atoms with E-state index < -0.39 is 60.2 Å². The largest absolute Gasteiger partial charge is 0.370 e. The van der Waals surface area contributed by atoms with Crippen molar-refractivity contribution in [1.29, 1.82) is 10.8 Å². The Labute approximate surface area is 280 Å². The van der Waals surface area contributed by atoms with Gasteiger partial charge in [-0.2, -0.15) is 12.6 Å². The highest BCUT2D eigenvalue weighted by Crippen LogP contribution is 2.25. The van der Waals surface area contributed by atoms with Gasteiger partial charge in [0.1, 0.15) is 12.1 Å². The van der Waals surface area contributed by atoms with E-state index in [1.54, 1.807) is 0 Å². The Morgan fingerprint density at radius 1 is 0.851 bits per heavy atom. The van der Waals surface area contributed by atoms with Gasteiger partial charge in [-0.1, -0.05) is 19.3 Å². The van der Waals surface area contributed by atoms with Crippen LogP contribution in [-0.4, -0.2) is 115 Å². The number of hydrogen-bond donors (Lipinski definition) is 12. The minimum atomic E-state index is -1.08. The van der Waals surface area contributed by atoms with E-state index in [4.69, 9.17) is 28.0 Å². The van der Waals surface area contributed by atoms with Crippen LogP contribution in [-0.2, 0) is 28.8 Å². The maximum Gasteiger partial charge on any atom is 0.244 e. The van der Waals surface area contributed by atoms with E-state index in [-0.39, 0.29) is 36.7 Å². The molecule has 1 fully saturated rings. The van der Waals surface area contributed by atoms with E-state index in [1.807, 2.05) is 6.29 Å².